The van der Waals surface area contributed by atoms with Gasteiger partial charge in [-0.05, 0) is 59.8 Å². The van der Waals surface area contributed by atoms with E-state index in [1.54, 1.807) is 30.3 Å². The standard InChI is InChI=1S/C16H10FNO3S/c17-11-3-7-13(8-4-11)21-12-5-1-10(2-6-12)9-14-15(19)18-16(20)22-14/h1-9H,(H,18,19,20)/b14-9-. The molecule has 3 rings (SSSR count). The minimum absolute atomic E-state index is 0.323. The van der Waals surface area contributed by atoms with Gasteiger partial charge in [-0.25, -0.2) is 4.39 Å². The number of ether oxygens (including phenoxy) is 1. The van der Waals surface area contributed by atoms with Gasteiger partial charge in [0.1, 0.15) is 17.3 Å². The fraction of sp³-hybridized carbons (Fsp3) is 0. The highest BCUT2D eigenvalue weighted by Crippen LogP contribution is 2.27. The zero-order valence-electron chi connectivity index (χ0n) is 11.2. The molecule has 4 nitrogen and oxygen atoms in total. The van der Waals surface area contributed by atoms with Crippen LogP contribution in [0.25, 0.3) is 6.08 Å². The molecule has 22 heavy (non-hydrogen) atoms. The normalized spacial score (nSPS) is 16.0. The monoisotopic (exact) mass is 315 g/mol. The number of benzene rings is 2. The maximum atomic E-state index is 12.8. The van der Waals surface area contributed by atoms with Gasteiger partial charge >= 0.3 is 0 Å². The van der Waals surface area contributed by atoms with Crippen molar-refractivity contribution in [3.05, 3.63) is 64.8 Å². The Morgan fingerprint density at radius 2 is 1.55 bits per heavy atom. The van der Waals surface area contributed by atoms with Crippen LogP contribution in [0.15, 0.2) is 53.4 Å². The van der Waals surface area contributed by atoms with Crippen molar-refractivity contribution in [3.8, 4) is 11.5 Å². The van der Waals surface area contributed by atoms with E-state index in [0.29, 0.717) is 16.4 Å². The summed E-state index contributed by atoms with van der Waals surface area (Å²) in [6, 6.07) is 12.7. The number of hydrogen-bond acceptors (Lipinski definition) is 4. The van der Waals surface area contributed by atoms with Gasteiger partial charge in [0, 0.05) is 0 Å². The van der Waals surface area contributed by atoms with E-state index in [1.165, 1.54) is 24.3 Å². The van der Waals surface area contributed by atoms with Crippen LogP contribution in [0.4, 0.5) is 9.18 Å². The molecule has 0 saturated carbocycles. The van der Waals surface area contributed by atoms with Crippen LogP contribution in [0.5, 0.6) is 11.5 Å². The summed E-state index contributed by atoms with van der Waals surface area (Å²) in [5.74, 6) is 0.412. The quantitative estimate of drug-likeness (QED) is 0.872. The molecule has 2 amide bonds. The summed E-state index contributed by atoms with van der Waals surface area (Å²) in [5, 5.41) is 1.83. The first kappa shape index (κ1) is 14.3. The number of carbonyl (C=O) groups is 2. The van der Waals surface area contributed by atoms with Crippen molar-refractivity contribution in [2.75, 3.05) is 0 Å². The zero-order chi connectivity index (χ0) is 15.5. The van der Waals surface area contributed by atoms with E-state index in [-0.39, 0.29) is 17.0 Å². The summed E-state index contributed by atoms with van der Waals surface area (Å²) in [4.78, 5) is 22.9. The highest BCUT2D eigenvalue weighted by atomic mass is 32.2. The Labute approximate surface area is 130 Å². The average Bonchev–Trinajstić information content (AvgIpc) is 2.81. The Hall–Kier alpha value is -2.60. The lowest BCUT2D eigenvalue weighted by atomic mass is 10.2. The first-order chi connectivity index (χ1) is 10.6. The van der Waals surface area contributed by atoms with E-state index in [0.717, 1.165) is 17.3 Å². The van der Waals surface area contributed by atoms with Crippen LogP contribution in [0.1, 0.15) is 5.56 Å². The van der Waals surface area contributed by atoms with Crippen LogP contribution in [0.2, 0.25) is 0 Å². The molecule has 0 aliphatic carbocycles. The number of nitrogens with one attached hydrogen (secondary N) is 1. The molecule has 0 bridgehead atoms. The van der Waals surface area contributed by atoms with Gasteiger partial charge in [-0.2, -0.15) is 0 Å². The van der Waals surface area contributed by atoms with E-state index in [2.05, 4.69) is 5.32 Å². The minimum atomic E-state index is -0.387. The first-order valence-electron chi connectivity index (χ1n) is 6.38. The molecule has 1 N–H and O–H groups in total. The summed E-state index contributed by atoms with van der Waals surface area (Å²) < 4.78 is 18.4. The minimum Gasteiger partial charge on any atom is -0.457 e. The summed E-state index contributed by atoms with van der Waals surface area (Å²) in [6.07, 6.45) is 1.63. The number of amides is 2. The van der Waals surface area contributed by atoms with Crippen molar-refractivity contribution in [1.82, 2.24) is 5.32 Å². The van der Waals surface area contributed by atoms with Crippen molar-refractivity contribution in [1.29, 1.82) is 0 Å². The van der Waals surface area contributed by atoms with Gasteiger partial charge < -0.3 is 4.74 Å². The molecular formula is C16H10FNO3S. The molecule has 2 aromatic carbocycles. The molecule has 0 spiro atoms. The van der Waals surface area contributed by atoms with Crippen molar-refractivity contribution in [2.45, 2.75) is 0 Å². The predicted octanol–water partition coefficient (Wildman–Crippen LogP) is 3.94. The van der Waals surface area contributed by atoms with Gasteiger partial charge in [-0.3, -0.25) is 14.9 Å². The topological polar surface area (TPSA) is 55.4 Å². The third-order valence-corrected chi connectivity index (χ3v) is 3.68. The number of carbonyl (C=O) groups excluding carboxylic acids is 2. The predicted molar refractivity (Wildman–Crippen MR) is 82.0 cm³/mol. The van der Waals surface area contributed by atoms with Crippen LogP contribution >= 0.6 is 11.8 Å². The van der Waals surface area contributed by atoms with Gasteiger partial charge in [0.15, 0.2) is 0 Å². The van der Waals surface area contributed by atoms with Crippen LogP contribution in [0, 0.1) is 5.82 Å². The number of imide groups is 1. The van der Waals surface area contributed by atoms with Gasteiger partial charge in [-0.15, -0.1) is 0 Å². The lowest BCUT2D eigenvalue weighted by Gasteiger charge is -2.05. The lowest BCUT2D eigenvalue weighted by molar-refractivity contribution is -0.115. The Morgan fingerprint density at radius 3 is 2.09 bits per heavy atom. The third-order valence-electron chi connectivity index (χ3n) is 2.87. The summed E-state index contributed by atoms with van der Waals surface area (Å²) in [6.45, 7) is 0. The molecule has 1 heterocycles. The van der Waals surface area contributed by atoms with E-state index < -0.39 is 0 Å². The maximum absolute atomic E-state index is 12.8. The number of halogens is 1. The second kappa shape index (κ2) is 6.03. The van der Waals surface area contributed by atoms with Crippen LogP contribution in [0.3, 0.4) is 0 Å². The van der Waals surface area contributed by atoms with Crippen molar-refractivity contribution >= 4 is 29.0 Å². The molecular weight excluding hydrogens is 305 g/mol. The highest BCUT2D eigenvalue weighted by molar-refractivity contribution is 8.18. The lowest BCUT2D eigenvalue weighted by Crippen LogP contribution is -2.17. The van der Waals surface area contributed by atoms with Gasteiger partial charge in [-0.1, -0.05) is 12.1 Å². The Morgan fingerprint density at radius 1 is 0.955 bits per heavy atom. The molecule has 2 aromatic rings. The molecule has 1 aliphatic rings. The summed E-state index contributed by atoms with van der Waals surface area (Å²) in [7, 11) is 0. The number of thioether (sulfide) groups is 1. The van der Waals surface area contributed by atoms with Crippen molar-refractivity contribution in [3.63, 3.8) is 0 Å². The fourth-order valence-corrected chi connectivity index (χ4v) is 2.53. The largest absolute Gasteiger partial charge is 0.457 e. The molecule has 0 unspecified atom stereocenters. The van der Waals surface area contributed by atoms with Gasteiger partial charge in [0.2, 0.25) is 0 Å². The Kier molecular flexibility index (Phi) is 3.93. The fourth-order valence-electron chi connectivity index (χ4n) is 1.84. The SMILES string of the molecule is O=C1NC(=O)/C(=C/c2ccc(Oc3ccc(F)cc3)cc2)S1. The first-order valence-corrected chi connectivity index (χ1v) is 7.20. The Bertz CT molecular complexity index is 754. The molecule has 110 valence electrons. The summed E-state index contributed by atoms with van der Waals surface area (Å²) >= 11 is 0.871. The molecule has 1 saturated heterocycles. The average molecular weight is 315 g/mol. The van der Waals surface area contributed by atoms with Gasteiger partial charge in [0.05, 0.1) is 4.91 Å². The van der Waals surface area contributed by atoms with E-state index in [1.807, 2.05) is 0 Å². The van der Waals surface area contributed by atoms with E-state index >= 15 is 0 Å². The molecule has 6 heteroatoms. The number of hydrogen-bond donors (Lipinski definition) is 1. The molecule has 0 atom stereocenters. The zero-order valence-corrected chi connectivity index (χ0v) is 12.0. The second-order valence-electron chi connectivity index (χ2n) is 4.48. The van der Waals surface area contributed by atoms with Crippen molar-refractivity contribution < 1.29 is 18.7 Å². The third kappa shape index (κ3) is 3.35. The molecule has 1 aliphatic heterocycles. The smallest absolute Gasteiger partial charge is 0.290 e. The van der Waals surface area contributed by atoms with E-state index in [4.69, 9.17) is 4.74 Å². The summed E-state index contributed by atoms with van der Waals surface area (Å²) in [5.41, 5.74) is 0.777. The van der Waals surface area contributed by atoms with Crippen LogP contribution in [-0.2, 0) is 4.79 Å². The maximum Gasteiger partial charge on any atom is 0.290 e. The highest BCUT2D eigenvalue weighted by Gasteiger charge is 2.24. The Balaban J connectivity index is 1.73. The molecule has 0 aromatic heterocycles. The van der Waals surface area contributed by atoms with Crippen molar-refractivity contribution in [2.24, 2.45) is 0 Å². The van der Waals surface area contributed by atoms with E-state index in [9.17, 15) is 14.0 Å². The van der Waals surface area contributed by atoms with Gasteiger partial charge in [0.25, 0.3) is 11.1 Å². The molecule has 1 fully saturated rings. The van der Waals surface area contributed by atoms with Crippen LogP contribution in [-0.4, -0.2) is 11.1 Å². The number of rotatable bonds is 3. The van der Waals surface area contributed by atoms with Crippen LogP contribution < -0.4 is 10.1 Å². The second-order valence-corrected chi connectivity index (χ2v) is 5.49. The molecule has 0 radical (unpaired) electrons.